The maximum absolute atomic E-state index is 13.1. The van der Waals surface area contributed by atoms with Crippen LogP contribution in [-0.2, 0) is 4.79 Å². The molecule has 2 rings (SSSR count). The van der Waals surface area contributed by atoms with Gasteiger partial charge in [-0.25, -0.2) is 4.39 Å². The van der Waals surface area contributed by atoms with Crippen molar-refractivity contribution in [3.05, 3.63) is 24.0 Å². The molecule has 1 saturated carbocycles. The molecule has 2 unspecified atom stereocenters. The molecule has 0 radical (unpaired) electrons. The van der Waals surface area contributed by atoms with Gasteiger partial charge in [-0.1, -0.05) is 6.42 Å². The molecule has 0 aliphatic heterocycles. The predicted molar refractivity (Wildman–Crippen MR) is 71.6 cm³/mol. The van der Waals surface area contributed by atoms with Gasteiger partial charge in [0.25, 0.3) is 0 Å². The fraction of sp³-hybridized carbons (Fsp3) is 0.500. The lowest BCUT2D eigenvalue weighted by molar-refractivity contribution is -0.121. The number of halogens is 3. The Morgan fingerprint density at radius 3 is 2.81 bits per heavy atom. The van der Waals surface area contributed by atoms with Gasteiger partial charge in [-0.3, -0.25) is 4.79 Å². The third kappa shape index (κ3) is 4.35. The van der Waals surface area contributed by atoms with Crippen LogP contribution in [0.2, 0.25) is 0 Å². The van der Waals surface area contributed by atoms with Crippen LogP contribution < -0.4 is 15.8 Å². The fourth-order valence-electron chi connectivity index (χ4n) is 2.49. The van der Waals surface area contributed by atoms with Gasteiger partial charge in [-0.05, 0) is 31.4 Å². The number of rotatable bonds is 4. The van der Waals surface area contributed by atoms with E-state index in [2.05, 4.69) is 10.1 Å². The summed E-state index contributed by atoms with van der Waals surface area (Å²) in [6.45, 7) is -3.09. The molecular formula is C14H17F3N2O2. The van der Waals surface area contributed by atoms with Crippen molar-refractivity contribution in [2.24, 2.45) is 11.7 Å². The molecule has 21 heavy (non-hydrogen) atoms. The quantitative estimate of drug-likeness (QED) is 0.899. The van der Waals surface area contributed by atoms with E-state index in [0.717, 1.165) is 25.0 Å². The molecule has 2 atom stereocenters. The minimum Gasteiger partial charge on any atom is -0.432 e. The zero-order chi connectivity index (χ0) is 15.4. The van der Waals surface area contributed by atoms with Gasteiger partial charge in [0.1, 0.15) is 5.82 Å². The molecule has 0 saturated heterocycles. The van der Waals surface area contributed by atoms with Crippen molar-refractivity contribution in [1.29, 1.82) is 0 Å². The zero-order valence-electron chi connectivity index (χ0n) is 11.3. The highest BCUT2D eigenvalue weighted by Crippen LogP contribution is 2.29. The number of alkyl halides is 2. The molecule has 0 aromatic heterocycles. The van der Waals surface area contributed by atoms with Gasteiger partial charge in [-0.2, -0.15) is 8.78 Å². The lowest BCUT2D eigenvalue weighted by atomic mass is 9.85. The van der Waals surface area contributed by atoms with Gasteiger partial charge in [0.2, 0.25) is 5.91 Å². The summed E-state index contributed by atoms with van der Waals surface area (Å²) in [7, 11) is 0. The SMILES string of the molecule is NC1CCCC(C(=O)Nc2ccc(F)cc2OC(F)F)C1. The monoisotopic (exact) mass is 302 g/mol. The van der Waals surface area contributed by atoms with E-state index in [1.165, 1.54) is 6.07 Å². The van der Waals surface area contributed by atoms with Crippen molar-refractivity contribution in [3.8, 4) is 5.75 Å². The number of ether oxygens (including phenoxy) is 1. The van der Waals surface area contributed by atoms with Crippen molar-refractivity contribution < 1.29 is 22.7 Å². The second-order valence-corrected chi connectivity index (χ2v) is 5.13. The first kappa shape index (κ1) is 15.6. The highest BCUT2D eigenvalue weighted by molar-refractivity contribution is 5.94. The van der Waals surface area contributed by atoms with E-state index in [9.17, 15) is 18.0 Å². The average Bonchev–Trinajstić information content (AvgIpc) is 2.41. The van der Waals surface area contributed by atoms with Crippen LogP contribution in [0.4, 0.5) is 18.9 Å². The van der Waals surface area contributed by atoms with Gasteiger partial charge in [0, 0.05) is 18.0 Å². The largest absolute Gasteiger partial charge is 0.432 e. The van der Waals surface area contributed by atoms with E-state index in [1.807, 2.05) is 0 Å². The summed E-state index contributed by atoms with van der Waals surface area (Å²) in [4.78, 5) is 12.1. The maximum Gasteiger partial charge on any atom is 0.387 e. The first-order valence-corrected chi connectivity index (χ1v) is 6.76. The van der Waals surface area contributed by atoms with Crippen LogP contribution in [0.5, 0.6) is 5.75 Å². The molecular weight excluding hydrogens is 285 g/mol. The van der Waals surface area contributed by atoms with E-state index < -0.39 is 18.2 Å². The van der Waals surface area contributed by atoms with Crippen LogP contribution in [0.25, 0.3) is 0 Å². The summed E-state index contributed by atoms with van der Waals surface area (Å²) in [5.41, 5.74) is 5.85. The molecule has 1 aliphatic rings. The highest BCUT2D eigenvalue weighted by atomic mass is 19.3. The summed E-state index contributed by atoms with van der Waals surface area (Å²) in [5.74, 6) is -1.68. The summed E-state index contributed by atoms with van der Waals surface area (Å²) in [6.07, 6.45) is 2.98. The predicted octanol–water partition coefficient (Wildman–Crippen LogP) is 2.88. The number of nitrogens with two attached hydrogens (primary N) is 1. The first-order chi connectivity index (χ1) is 9.95. The Labute approximate surface area is 120 Å². The Hall–Kier alpha value is -1.76. The molecule has 1 aromatic carbocycles. The van der Waals surface area contributed by atoms with Crippen LogP contribution in [-0.4, -0.2) is 18.6 Å². The number of hydrogen-bond donors (Lipinski definition) is 2. The van der Waals surface area contributed by atoms with E-state index in [1.54, 1.807) is 0 Å². The smallest absolute Gasteiger partial charge is 0.387 e. The first-order valence-electron chi connectivity index (χ1n) is 6.76. The lowest BCUT2D eigenvalue weighted by Gasteiger charge is -2.26. The van der Waals surface area contributed by atoms with Crippen molar-refractivity contribution in [2.75, 3.05) is 5.32 Å². The Bertz CT molecular complexity index is 511. The number of amides is 1. The molecule has 3 N–H and O–H groups in total. The summed E-state index contributed by atoms with van der Waals surface area (Å²) >= 11 is 0. The number of hydrogen-bond acceptors (Lipinski definition) is 3. The number of benzene rings is 1. The van der Waals surface area contributed by atoms with Crippen molar-refractivity contribution >= 4 is 11.6 Å². The topological polar surface area (TPSA) is 64.4 Å². The van der Waals surface area contributed by atoms with Crippen LogP contribution >= 0.6 is 0 Å². The van der Waals surface area contributed by atoms with Crippen molar-refractivity contribution in [3.63, 3.8) is 0 Å². The van der Waals surface area contributed by atoms with Crippen LogP contribution in [0.3, 0.4) is 0 Å². The van der Waals surface area contributed by atoms with Crippen LogP contribution in [0.15, 0.2) is 18.2 Å². The second-order valence-electron chi connectivity index (χ2n) is 5.13. The van der Waals surface area contributed by atoms with Crippen molar-refractivity contribution in [1.82, 2.24) is 0 Å². The Balaban J connectivity index is 2.09. The highest BCUT2D eigenvalue weighted by Gasteiger charge is 2.26. The standard InChI is InChI=1S/C14H17F3N2O2/c15-9-4-5-11(12(7-9)21-14(16)17)19-13(20)8-2-1-3-10(18)6-8/h4-5,7-8,10,14H,1-3,6,18H2,(H,19,20). The number of nitrogens with one attached hydrogen (secondary N) is 1. The van der Waals surface area contributed by atoms with Crippen molar-refractivity contribution in [2.45, 2.75) is 38.3 Å². The molecule has 1 fully saturated rings. The Kier molecular flexibility index (Phi) is 5.06. The Morgan fingerprint density at radius 1 is 1.38 bits per heavy atom. The van der Waals surface area contributed by atoms with E-state index in [4.69, 9.17) is 5.73 Å². The molecule has 0 spiro atoms. The normalized spacial score (nSPS) is 22.1. The number of carbonyl (C=O) groups excluding carboxylic acids is 1. The van der Waals surface area contributed by atoms with Crippen LogP contribution in [0.1, 0.15) is 25.7 Å². The summed E-state index contributed by atoms with van der Waals surface area (Å²) in [6, 6.07) is 3.06. The lowest BCUT2D eigenvalue weighted by Crippen LogP contribution is -2.34. The molecule has 1 aromatic rings. The summed E-state index contributed by atoms with van der Waals surface area (Å²) < 4.78 is 41.9. The second kappa shape index (κ2) is 6.80. The van der Waals surface area contributed by atoms with Gasteiger partial charge < -0.3 is 15.8 Å². The molecule has 4 nitrogen and oxygen atoms in total. The molecule has 0 heterocycles. The van der Waals surface area contributed by atoms with Gasteiger partial charge in [0.15, 0.2) is 5.75 Å². The zero-order valence-corrected chi connectivity index (χ0v) is 11.3. The molecule has 1 amide bonds. The van der Waals surface area contributed by atoms with E-state index in [-0.39, 0.29) is 23.6 Å². The summed E-state index contributed by atoms with van der Waals surface area (Å²) in [5, 5.41) is 2.51. The van der Waals surface area contributed by atoms with Gasteiger partial charge in [-0.15, -0.1) is 0 Å². The fourth-order valence-corrected chi connectivity index (χ4v) is 2.49. The third-order valence-electron chi connectivity index (χ3n) is 3.50. The molecule has 116 valence electrons. The number of carbonyl (C=O) groups is 1. The Morgan fingerprint density at radius 2 is 2.14 bits per heavy atom. The maximum atomic E-state index is 13.1. The minimum atomic E-state index is -3.09. The molecule has 7 heteroatoms. The van der Waals surface area contributed by atoms with E-state index >= 15 is 0 Å². The van der Waals surface area contributed by atoms with Gasteiger partial charge >= 0.3 is 6.61 Å². The van der Waals surface area contributed by atoms with Crippen LogP contribution in [0, 0.1) is 11.7 Å². The van der Waals surface area contributed by atoms with Gasteiger partial charge in [0.05, 0.1) is 5.69 Å². The minimum absolute atomic E-state index is 0.0282. The number of anilines is 1. The molecule has 0 bridgehead atoms. The molecule has 1 aliphatic carbocycles. The average molecular weight is 302 g/mol. The van der Waals surface area contributed by atoms with E-state index in [0.29, 0.717) is 12.8 Å². The third-order valence-corrected chi connectivity index (χ3v) is 3.50.